The molecule has 58 heavy (non-hydrogen) atoms. The predicted molar refractivity (Wildman–Crippen MR) is 220 cm³/mol. The average molecular weight is 791 g/mol. The third-order valence-corrected chi connectivity index (χ3v) is 11.4. The van der Waals surface area contributed by atoms with Gasteiger partial charge in [0.1, 0.15) is 17.9 Å². The Labute approximate surface area is 339 Å². The van der Waals surface area contributed by atoms with Crippen molar-refractivity contribution in [2.75, 3.05) is 32.6 Å². The van der Waals surface area contributed by atoms with Gasteiger partial charge in [0.05, 0.1) is 38.6 Å². The van der Waals surface area contributed by atoms with E-state index in [9.17, 15) is 24.0 Å². The van der Waals surface area contributed by atoms with Crippen LogP contribution in [0.15, 0.2) is 85.1 Å². The molecule has 1 unspecified atom stereocenters. The number of ether oxygens (including phenoxy) is 2. The van der Waals surface area contributed by atoms with Crippen molar-refractivity contribution in [2.45, 2.75) is 89.3 Å². The Morgan fingerprint density at radius 2 is 1.50 bits per heavy atom. The van der Waals surface area contributed by atoms with Gasteiger partial charge in [0.2, 0.25) is 17.7 Å². The van der Waals surface area contributed by atoms with Crippen LogP contribution in [0.1, 0.15) is 93.3 Å². The number of esters is 1. The number of hydrogen-bond donors (Lipinski definition) is 3. The van der Waals surface area contributed by atoms with Gasteiger partial charge in [-0.05, 0) is 79.3 Å². The average Bonchev–Trinajstić information content (AvgIpc) is 4.06. The van der Waals surface area contributed by atoms with E-state index < -0.39 is 24.1 Å². The van der Waals surface area contributed by atoms with Crippen molar-refractivity contribution in [3.05, 3.63) is 108 Å². The zero-order valence-electron chi connectivity index (χ0n) is 33.7. The number of imidazole rings is 1. The zero-order valence-corrected chi connectivity index (χ0v) is 33.7. The second-order valence-corrected chi connectivity index (χ2v) is 15.0. The first-order chi connectivity index (χ1) is 28.1. The second-order valence-electron chi connectivity index (χ2n) is 15.0. The summed E-state index contributed by atoms with van der Waals surface area (Å²) in [5.74, 6) is -0.581. The van der Waals surface area contributed by atoms with Crippen molar-refractivity contribution in [1.29, 1.82) is 0 Å². The number of amides is 4. The number of anilines is 1. The van der Waals surface area contributed by atoms with Crippen LogP contribution < -0.4 is 10.6 Å². The molecule has 2 aliphatic heterocycles. The van der Waals surface area contributed by atoms with Crippen LogP contribution in [0.5, 0.6) is 0 Å². The van der Waals surface area contributed by atoms with Crippen LogP contribution in [0.25, 0.3) is 11.3 Å². The summed E-state index contributed by atoms with van der Waals surface area (Å²) < 4.78 is 9.51. The van der Waals surface area contributed by atoms with Gasteiger partial charge in [-0.15, -0.1) is 0 Å². The number of hydrogen-bond acceptors (Lipinski definition) is 8. The molecular formula is C45H54N6O7. The maximum Gasteiger partial charge on any atom is 0.407 e. The van der Waals surface area contributed by atoms with E-state index in [0.717, 1.165) is 47.5 Å². The lowest BCUT2D eigenvalue weighted by molar-refractivity contribution is -0.147. The highest BCUT2D eigenvalue weighted by molar-refractivity contribution is 5.98. The normalized spacial score (nSPS) is 17.9. The van der Waals surface area contributed by atoms with Crippen LogP contribution in [0.4, 0.5) is 10.5 Å². The summed E-state index contributed by atoms with van der Waals surface area (Å²) in [6.45, 7) is 4.79. The fourth-order valence-electron chi connectivity index (χ4n) is 8.13. The molecule has 0 spiro atoms. The number of benzene rings is 3. The molecule has 2 saturated heterocycles. The van der Waals surface area contributed by atoms with Gasteiger partial charge >= 0.3 is 12.1 Å². The summed E-state index contributed by atoms with van der Waals surface area (Å²) in [6.07, 6.45) is 5.79. The summed E-state index contributed by atoms with van der Waals surface area (Å²) in [5, 5.41) is 5.57. The van der Waals surface area contributed by atoms with E-state index in [-0.39, 0.29) is 42.1 Å². The van der Waals surface area contributed by atoms with Crippen molar-refractivity contribution in [1.82, 2.24) is 25.1 Å². The van der Waals surface area contributed by atoms with Crippen molar-refractivity contribution >= 4 is 35.5 Å². The number of carbonyl (C=O) groups is 5. The Morgan fingerprint density at radius 3 is 2.17 bits per heavy atom. The van der Waals surface area contributed by atoms with Gasteiger partial charge in [0, 0.05) is 30.6 Å². The molecule has 13 heteroatoms. The van der Waals surface area contributed by atoms with Gasteiger partial charge in [-0.25, -0.2) is 9.78 Å². The largest absolute Gasteiger partial charge is 0.469 e. The number of nitrogens with one attached hydrogen (secondary N) is 3. The topological polar surface area (TPSA) is 163 Å². The molecule has 0 saturated carbocycles. The Hall–Kier alpha value is -5.98. The number of alkyl carbamates (subject to hydrolysis) is 1. The van der Waals surface area contributed by atoms with E-state index >= 15 is 0 Å². The van der Waals surface area contributed by atoms with Gasteiger partial charge in [-0.3, -0.25) is 19.2 Å². The molecule has 3 N–H and O–H groups in total. The van der Waals surface area contributed by atoms with Crippen molar-refractivity contribution in [3.63, 3.8) is 0 Å². The number of nitrogens with zero attached hydrogens (tertiary/aromatic N) is 3. The molecule has 6 rings (SSSR count). The lowest BCUT2D eigenvalue weighted by Crippen LogP contribution is -2.52. The first-order valence-electron chi connectivity index (χ1n) is 20.3. The molecule has 13 nitrogen and oxygen atoms in total. The maximum atomic E-state index is 13.5. The van der Waals surface area contributed by atoms with Gasteiger partial charge in [0.15, 0.2) is 0 Å². The number of aromatic nitrogens is 2. The monoisotopic (exact) mass is 790 g/mol. The van der Waals surface area contributed by atoms with Crippen LogP contribution in [0.3, 0.4) is 0 Å². The molecule has 0 aliphatic carbocycles. The van der Waals surface area contributed by atoms with E-state index in [2.05, 4.69) is 56.8 Å². The Bertz CT molecular complexity index is 2030. The summed E-state index contributed by atoms with van der Waals surface area (Å²) in [6, 6.07) is 25.1. The van der Waals surface area contributed by atoms with E-state index in [0.29, 0.717) is 44.5 Å². The van der Waals surface area contributed by atoms with Crippen LogP contribution in [0, 0.1) is 5.92 Å². The third-order valence-electron chi connectivity index (χ3n) is 11.4. The highest BCUT2D eigenvalue weighted by Gasteiger charge is 2.38. The molecule has 3 heterocycles. The standard InChI is InChI=1S/C45H54N6O7/c1-5-30(27-40(52)57-3)43(54)50-24-10-14-38(50)41-46-28-37(48-41)33-20-18-32(19-21-33)35(31-12-8-7-9-13-31)26-29-16-22-34(23-17-29)47-42(53)39-15-11-25-51(39)44(55)36(6-2)49-45(56)58-4/h7-9,12-13,16-23,28,30,35-36,38-39H,5-6,10-11,14-15,24-27H2,1-4H3,(H,46,48)(H,47,53)(H,49,56)/t30-,35?,36+,38+,39+/m1/s1. The van der Waals surface area contributed by atoms with E-state index in [4.69, 9.17) is 9.72 Å². The summed E-state index contributed by atoms with van der Waals surface area (Å²) in [7, 11) is 2.59. The Balaban J connectivity index is 1.12. The van der Waals surface area contributed by atoms with Crippen LogP contribution >= 0.6 is 0 Å². The number of methoxy groups -OCH3 is 2. The molecule has 0 bridgehead atoms. The Kier molecular flexibility index (Phi) is 14.0. The predicted octanol–water partition coefficient (Wildman–Crippen LogP) is 6.77. The number of carbonyl (C=O) groups excluding carboxylic acids is 5. The fraction of sp³-hybridized carbons (Fsp3) is 0.422. The SMILES string of the molecule is CC[C@H](CC(=O)OC)C(=O)N1CCC[C@H]1c1ncc(-c2ccc(C(Cc3ccc(NC(=O)[C@@H]4CCCN4C(=O)[C@H](CC)NC(=O)OC)cc3)c3ccccc3)cc2)[nH]1. The first kappa shape index (κ1) is 41.6. The summed E-state index contributed by atoms with van der Waals surface area (Å²) >= 11 is 0. The Morgan fingerprint density at radius 1 is 0.810 bits per heavy atom. The molecule has 3 aromatic carbocycles. The summed E-state index contributed by atoms with van der Waals surface area (Å²) in [5.41, 5.74) is 5.91. The molecule has 306 valence electrons. The smallest absolute Gasteiger partial charge is 0.407 e. The van der Waals surface area contributed by atoms with Gasteiger partial charge < -0.3 is 34.9 Å². The van der Waals surface area contributed by atoms with Gasteiger partial charge in [-0.1, -0.05) is 80.6 Å². The molecule has 4 amide bonds. The third kappa shape index (κ3) is 9.75. The highest BCUT2D eigenvalue weighted by atomic mass is 16.5. The molecule has 5 atom stereocenters. The molecule has 4 aromatic rings. The summed E-state index contributed by atoms with van der Waals surface area (Å²) in [4.78, 5) is 75.5. The molecule has 2 fully saturated rings. The molecule has 1 aromatic heterocycles. The molecule has 2 aliphatic rings. The van der Waals surface area contributed by atoms with Crippen LogP contribution in [0.2, 0.25) is 0 Å². The minimum Gasteiger partial charge on any atom is -0.469 e. The van der Waals surface area contributed by atoms with Gasteiger partial charge in [0.25, 0.3) is 0 Å². The number of likely N-dealkylation sites (tertiary alicyclic amines) is 2. The quantitative estimate of drug-likeness (QED) is 0.111. The van der Waals surface area contributed by atoms with E-state index in [1.165, 1.54) is 19.8 Å². The van der Waals surface area contributed by atoms with Crippen molar-refractivity contribution in [3.8, 4) is 11.3 Å². The van der Waals surface area contributed by atoms with E-state index in [1.54, 1.807) is 11.8 Å². The highest BCUT2D eigenvalue weighted by Crippen LogP contribution is 2.35. The van der Waals surface area contributed by atoms with Gasteiger partial charge in [-0.2, -0.15) is 0 Å². The minimum atomic E-state index is -0.764. The molecule has 0 radical (unpaired) electrons. The van der Waals surface area contributed by atoms with Crippen LogP contribution in [-0.2, 0) is 35.1 Å². The lowest BCUT2D eigenvalue weighted by Gasteiger charge is -2.28. The number of rotatable bonds is 15. The fourth-order valence-corrected chi connectivity index (χ4v) is 8.13. The minimum absolute atomic E-state index is 0.0364. The zero-order chi connectivity index (χ0) is 41.2. The van der Waals surface area contributed by atoms with Crippen molar-refractivity contribution < 1.29 is 33.4 Å². The lowest BCUT2D eigenvalue weighted by atomic mass is 9.85. The van der Waals surface area contributed by atoms with E-state index in [1.807, 2.05) is 60.5 Å². The second kappa shape index (κ2) is 19.4. The number of H-pyrrole nitrogens is 1. The van der Waals surface area contributed by atoms with Crippen LogP contribution in [-0.4, -0.2) is 88.9 Å². The van der Waals surface area contributed by atoms with Crippen molar-refractivity contribution in [2.24, 2.45) is 5.92 Å². The molecular weight excluding hydrogens is 737 g/mol. The number of aromatic amines is 1. The maximum absolute atomic E-state index is 13.5. The first-order valence-corrected chi connectivity index (χ1v) is 20.3.